The number of piperidine rings is 1. The second-order valence-corrected chi connectivity index (χ2v) is 7.70. The number of carbonyl (C=O) groups is 1. The van der Waals surface area contributed by atoms with Crippen LogP contribution in [0.15, 0.2) is 48.7 Å². The van der Waals surface area contributed by atoms with Gasteiger partial charge in [-0.3, -0.25) is 14.7 Å². The Hall–Kier alpha value is -1.95. The number of amides is 1. The molecule has 1 unspecified atom stereocenters. The maximum absolute atomic E-state index is 12.5. The van der Waals surface area contributed by atoms with Crippen molar-refractivity contribution >= 4 is 23.2 Å². The van der Waals surface area contributed by atoms with Crippen molar-refractivity contribution in [1.29, 1.82) is 0 Å². The van der Waals surface area contributed by atoms with Crippen LogP contribution >= 0.6 is 11.6 Å². The fourth-order valence-corrected chi connectivity index (χ4v) is 4.45. The van der Waals surface area contributed by atoms with Gasteiger partial charge in [-0.1, -0.05) is 17.7 Å². The summed E-state index contributed by atoms with van der Waals surface area (Å²) in [5, 5.41) is 14.7. The summed E-state index contributed by atoms with van der Waals surface area (Å²) in [5.74, 6) is -0.0347. The fraction of sp³-hybridized carbons (Fsp3) is 0.400. The Balaban J connectivity index is 1.42. The van der Waals surface area contributed by atoms with Crippen molar-refractivity contribution in [3.8, 4) is 0 Å². The average Bonchev–Trinajstić information content (AvgIpc) is 2.88. The molecule has 26 heavy (non-hydrogen) atoms. The second kappa shape index (κ2) is 6.99. The Bertz CT molecular complexity index is 767. The smallest absolute Gasteiger partial charge is 0.238 e. The predicted molar refractivity (Wildman–Crippen MR) is 101 cm³/mol. The van der Waals surface area contributed by atoms with Gasteiger partial charge in [0.05, 0.1) is 12.2 Å². The minimum atomic E-state index is -0.893. The summed E-state index contributed by atoms with van der Waals surface area (Å²) in [6, 6.07) is 13.2. The van der Waals surface area contributed by atoms with Crippen LogP contribution in [0.25, 0.3) is 0 Å². The second-order valence-electron chi connectivity index (χ2n) is 7.27. The van der Waals surface area contributed by atoms with E-state index in [-0.39, 0.29) is 18.0 Å². The molecular formula is C20H22ClN3O2. The van der Waals surface area contributed by atoms with Gasteiger partial charge in [-0.05, 0) is 62.1 Å². The first kappa shape index (κ1) is 17.5. The molecule has 2 aliphatic heterocycles. The van der Waals surface area contributed by atoms with Crippen molar-refractivity contribution < 1.29 is 9.90 Å². The molecule has 0 aliphatic carbocycles. The topological polar surface area (TPSA) is 65.5 Å². The van der Waals surface area contributed by atoms with Crippen molar-refractivity contribution in [3.05, 3.63) is 59.4 Å². The van der Waals surface area contributed by atoms with E-state index in [1.807, 2.05) is 18.2 Å². The number of pyridine rings is 1. The molecule has 0 spiro atoms. The van der Waals surface area contributed by atoms with Crippen molar-refractivity contribution in [2.75, 3.05) is 11.9 Å². The first-order valence-corrected chi connectivity index (χ1v) is 9.36. The van der Waals surface area contributed by atoms with Gasteiger partial charge in [-0.2, -0.15) is 0 Å². The highest BCUT2D eigenvalue weighted by Gasteiger charge is 2.49. The zero-order valence-corrected chi connectivity index (χ0v) is 15.2. The third kappa shape index (κ3) is 3.47. The van der Waals surface area contributed by atoms with Crippen LogP contribution in [0.1, 0.15) is 31.4 Å². The molecule has 3 atom stereocenters. The highest BCUT2D eigenvalue weighted by atomic mass is 35.5. The number of aliphatic hydroxyl groups is 1. The van der Waals surface area contributed by atoms with Gasteiger partial charge in [-0.15, -0.1) is 0 Å². The lowest BCUT2D eigenvalue weighted by atomic mass is 9.83. The first-order chi connectivity index (χ1) is 12.5. The number of nitrogens with one attached hydrogen (secondary N) is 1. The van der Waals surface area contributed by atoms with Gasteiger partial charge in [-0.25, -0.2) is 0 Å². The monoisotopic (exact) mass is 371 g/mol. The highest BCUT2D eigenvalue weighted by molar-refractivity contribution is 6.30. The molecule has 136 valence electrons. The largest absolute Gasteiger partial charge is 0.383 e. The van der Waals surface area contributed by atoms with Crippen molar-refractivity contribution in [2.24, 2.45) is 0 Å². The zero-order chi connectivity index (χ0) is 18.1. The van der Waals surface area contributed by atoms with E-state index in [0.717, 1.165) is 24.2 Å². The number of hydrogen-bond acceptors (Lipinski definition) is 4. The lowest BCUT2D eigenvalue weighted by molar-refractivity contribution is -0.121. The SMILES string of the molecule is O=C(CN1[C@@H]2CC[C@H]1CC(O)(c1ccccn1)C2)Nc1ccc(Cl)cc1. The zero-order valence-electron chi connectivity index (χ0n) is 14.4. The number of benzene rings is 1. The number of hydrogen-bond donors (Lipinski definition) is 2. The lowest BCUT2D eigenvalue weighted by Gasteiger charge is -2.43. The number of fused-ring (bicyclic) bond motifs is 2. The van der Waals surface area contributed by atoms with Gasteiger partial charge in [0.2, 0.25) is 5.91 Å². The maximum Gasteiger partial charge on any atom is 0.238 e. The Kier molecular flexibility index (Phi) is 4.69. The Labute approximate surface area is 158 Å². The summed E-state index contributed by atoms with van der Waals surface area (Å²) in [6.45, 7) is 0.344. The Morgan fingerprint density at radius 2 is 1.88 bits per heavy atom. The Morgan fingerprint density at radius 1 is 1.19 bits per heavy atom. The summed E-state index contributed by atoms with van der Waals surface area (Å²) in [7, 11) is 0. The van der Waals surface area contributed by atoms with Crippen molar-refractivity contribution in [3.63, 3.8) is 0 Å². The molecule has 0 radical (unpaired) electrons. The van der Waals surface area contributed by atoms with E-state index in [9.17, 15) is 9.90 Å². The summed E-state index contributed by atoms with van der Waals surface area (Å²) in [4.78, 5) is 19.1. The Morgan fingerprint density at radius 3 is 2.50 bits per heavy atom. The van der Waals surface area contributed by atoms with Gasteiger partial charge < -0.3 is 10.4 Å². The molecule has 5 nitrogen and oxygen atoms in total. The van der Waals surface area contributed by atoms with E-state index in [2.05, 4.69) is 15.2 Å². The molecule has 2 N–H and O–H groups in total. The molecule has 2 aliphatic rings. The van der Waals surface area contributed by atoms with Crippen LogP contribution < -0.4 is 5.32 Å². The average molecular weight is 372 g/mol. The molecule has 1 amide bonds. The van der Waals surface area contributed by atoms with Crippen LogP contribution in [0.2, 0.25) is 5.02 Å². The fourth-order valence-electron chi connectivity index (χ4n) is 4.32. The lowest BCUT2D eigenvalue weighted by Crippen LogP contribution is -2.52. The van der Waals surface area contributed by atoms with Crippen LogP contribution in [0, 0.1) is 0 Å². The summed E-state index contributed by atoms with van der Waals surface area (Å²) >= 11 is 5.88. The molecule has 3 heterocycles. The molecule has 1 aromatic heterocycles. The molecular weight excluding hydrogens is 350 g/mol. The predicted octanol–water partition coefficient (Wildman–Crippen LogP) is 3.19. The quantitative estimate of drug-likeness (QED) is 0.866. The van der Waals surface area contributed by atoms with E-state index >= 15 is 0 Å². The standard InChI is InChI=1S/C20H22ClN3O2/c21-14-4-6-15(7-5-14)23-19(25)13-24-16-8-9-17(24)12-20(26,11-16)18-3-1-2-10-22-18/h1-7,10,16-17,26H,8-9,11-13H2,(H,23,25)/t16-,17+,20?. The number of rotatable bonds is 4. The number of nitrogens with zero attached hydrogens (tertiary/aromatic N) is 2. The van der Waals surface area contributed by atoms with Gasteiger partial charge in [0.25, 0.3) is 0 Å². The van der Waals surface area contributed by atoms with Crippen LogP contribution in [0.3, 0.4) is 0 Å². The first-order valence-electron chi connectivity index (χ1n) is 8.98. The molecule has 6 heteroatoms. The van der Waals surface area contributed by atoms with E-state index in [1.54, 1.807) is 30.5 Å². The van der Waals surface area contributed by atoms with Crippen LogP contribution in [-0.4, -0.2) is 39.5 Å². The van der Waals surface area contributed by atoms with E-state index < -0.39 is 5.60 Å². The number of aromatic nitrogens is 1. The van der Waals surface area contributed by atoms with Gasteiger partial charge in [0.15, 0.2) is 0 Å². The number of anilines is 1. The number of halogens is 1. The number of carbonyl (C=O) groups excluding carboxylic acids is 1. The molecule has 4 rings (SSSR count). The van der Waals surface area contributed by atoms with E-state index in [0.29, 0.717) is 24.4 Å². The minimum Gasteiger partial charge on any atom is -0.383 e. The minimum absolute atomic E-state index is 0.0347. The van der Waals surface area contributed by atoms with Crippen LogP contribution in [0.4, 0.5) is 5.69 Å². The van der Waals surface area contributed by atoms with Crippen LogP contribution in [0.5, 0.6) is 0 Å². The van der Waals surface area contributed by atoms with Gasteiger partial charge in [0.1, 0.15) is 5.60 Å². The highest BCUT2D eigenvalue weighted by Crippen LogP contribution is 2.44. The molecule has 0 saturated carbocycles. The third-order valence-electron chi connectivity index (χ3n) is 5.51. The van der Waals surface area contributed by atoms with E-state index in [1.165, 1.54) is 0 Å². The van der Waals surface area contributed by atoms with Crippen molar-refractivity contribution in [1.82, 2.24) is 9.88 Å². The van der Waals surface area contributed by atoms with Gasteiger partial charge in [0, 0.05) is 29.0 Å². The summed E-state index contributed by atoms with van der Waals surface area (Å²) in [6.07, 6.45) is 4.98. The molecule has 1 aromatic carbocycles. The molecule has 2 fully saturated rings. The van der Waals surface area contributed by atoms with Crippen molar-refractivity contribution in [2.45, 2.75) is 43.4 Å². The summed E-state index contributed by atoms with van der Waals surface area (Å²) in [5.41, 5.74) is 0.590. The van der Waals surface area contributed by atoms with E-state index in [4.69, 9.17) is 11.6 Å². The van der Waals surface area contributed by atoms with Gasteiger partial charge >= 0.3 is 0 Å². The maximum atomic E-state index is 12.5. The summed E-state index contributed by atoms with van der Waals surface area (Å²) < 4.78 is 0. The molecule has 2 aromatic rings. The molecule has 2 saturated heterocycles. The third-order valence-corrected chi connectivity index (χ3v) is 5.77. The molecule has 2 bridgehead atoms. The normalized spacial score (nSPS) is 28.1. The van der Waals surface area contributed by atoms with Crippen LogP contribution in [-0.2, 0) is 10.4 Å².